The number of amides is 5. The molecular weight excluding hydrogens is 1320 g/mol. The van der Waals surface area contributed by atoms with Crippen molar-refractivity contribution in [1.82, 2.24) is 46.8 Å². The molecule has 27 heteroatoms. The number of nitrogens with one attached hydrogen (secondary N) is 5. The number of esters is 3. The third-order valence-corrected chi connectivity index (χ3v) is 18.6. The second kappa shape index (κ2) is 33.9. The minimum atomic E-state index is -1.77. The summed E-state index contributed by atoms with van der Waals surface area (Å²) in [6.07, 6.45) is 11.1. The Balaban J connectivity index is 0.000000252. The summed E-state index contributed by atoms with van der Waals surface area (Å²) in [4.78, 5) is 128. The lowest BCUT2D eigenvalue weighted by molar-refractivity contribution is -0.167. The number of nitrogens with zero attached hydrogens (tertiary/aromatic N) is 6. The molecule has 2 aromatic heterocycles. The number of aromatic nitrogens is 2. The van der Waals surface area contributed by atoms with Crippen LogP contribution >= 0.6 is 34.8 Å². The predicted octanol–water partition coefficient (Wildman–Crippen LogP) is 9.99. The Morgan fingerprint density at radius 1 is 0.765 bits per heavy atom. The van der Waals surface area contributed by atoms with Crippen LogP contribution in [0.5, 0.6) is 0 Å². The van der Waals surface area contributed by atoms with E-state index in [0.29, 0.717) is 95.8 Å². The summed E-state index contributed by atoms with van der Waals surface area (Å²) in [6, 6.07) is 16.0. The van der Waals surface area contributed by atoms with E-state index in [1.54, 1.807) is 34.6 Å². The average molecular weight is 1410 g/mol. The van der Waals surface area contributed by atoms with E-state index in [-0.39, 0.29) is 29.7 Å². The third-order valence-electron chi connectivity index (χ3n) is 18.3. The van der Waals surface area contributed by atoms with Crippen LogP contribution in [-0.4, -0.2) is 153 Å². The zero-order valence-electron chi connectivity index (χ0n) is 57.6. The number of carbonyl (C=O) groups excluding carboxylic acids is 8. The largest absolute Gasteiger partial charge is 0.460 e. The lowest BCUT2D eigenvalue weighted by Gasteiger charge is -2.36. The quantitative estimate of drug-likeness (QED) is 0.0339. The van der Waals surface area contributed by atoms with Gasteiger partial charge >= 0.3 is 17.9 Å². The molecule has 5 aliphatic rings. The van der Waals surface area contributed by atoms with Crippen molar-refractivity contribution in [3.63, 3.8) is 0 Å². The number of alkyl halides is 3. The van der Waals surface area contributed by atoms with Crippen molar-refractivity contribution in [2.24, 2.45) is 33.0 Å². The fourth-order valence-electron chi connectivity index (χ4n) is 12.4. The van der Waals surface area contributed by atoms with Gasteiger partial charge in [0, 0.05) is 29.6 Å². The lowest BCUT2D eigenvalue weighted by Crippen LogP contribution is -2.61. The number of cyclic esters (lactones) is 1. The number of hydrazine groups is 2. The number of ether oxygens (including phenoxy) is 3. The van der Waals surface area contributed by atoms with Crippen molar-refractivity contribution in [2.45, 2.75) is 191 Å². The van der Waals surface area contributed by atoms with E-state index in [9.17, 15) is 38.4 Å². The first-order chi connectivity index (χ1) is 46.5. The van der Waals surface area contributed by atoms with Crippen LogP contribution in [0.3, 0.4) is 0 Å². The third kappa shape index (κ3) is 19.8. The molecule has 98 heavy (non-hydrogen) atoms. The Morgan fingerprint density at radius 3 is 2.03 bits per heavy atom. The first-order valence-corrected chi connectivity index (χ1v) is 34.7. The van der Waals surface area contributed by atoms with Crippen LogP contribution in [0.2, 0.25) is 0 Å². The molecule has 2 saturated carbocycles. The minimum absolute atomic E-state index is 0.241. The molecule has 4 aromatic rings. The summed E-state index contributed by atoms with van der Waals surface area (Å²) >= 11 is 17.1. The number of hydrogen-bond acceptors (Lipinski definition) is 19. The number of hydrogen-bond donors (Lipinski definition) is 5. The van der Waals surface area contributed by atoms with Crippen LogP contribution < -0.4 is 26.8 Å². The van der Waals surface area contributed by atoms with Crippen LogP contribution in [0.4, 0.5) is 0 Å². The number of rotatable bonds is 14. The molecule has 5 bridgehead atoms. The number of fused-ring (bicyclic) bond motifs is 5. The van der Waals surface area contributed by atoms with Gasteiger partial charge in [0.05, 0.1) is 45.0 Å². The second-order valence-corrected chi connectivity index (χ2v) is 29.4. The van der Waals surface area contributed by atoms with Gasteiger partial charge in [0.15, 0.2) is 12.2 Å². The van der Waals surface area contributed by atoms with Gasteiger partial charge < -0.3 is 39.8 Å². The molecule has 0 radical (unpaired) electrons. The van der Waals surface area contributed by atoms with Gasteiger partial charge in [-0.15, -0.1) is 0 Å². The van der Waals surface area contributed by atoms with Crippen LogP contribution in [-0.2, 0) is 62.2 Å². The number of halogens is 3. The fraction of sp³-hybridized carbons (Fsp3) is 0.549. The van der Waals surface area contributed by atoms with E-state index in [0.717, 1.165) is 50.1 Å². The van der Waals surface area contributed by atoms with E-state index in [2.05, 4.69) is 57.0 Å². The van der Waals surface area contributed by atoms with E-state index in [1.165, 1.54) is 31.2 Å². The predicted molar refractivity (Wildman–Crippen MR) is 375 cm³/mol. The summed E-state index contributed by atoms with van der Waals surface area (Å²) in [5.74, 6) is -4.47. The summed E-state index contributed by atoms with van der Waals surface area (Å²) in [5.41, 5.74) is 10.6. The number of oxime groups is 2. The molecule has 0 unspecified atom stereocenters. The minimum Gasteiger partial charge on any atom is -0.460 e. The highest BCUT2D eigenvalue weighted by Gasteiger charge is 2.46. The number of carbonyl (C=O) groups is 8. The Bertz CT molecular complexity index is 3690. The maximum atomic E-state index is 14.1. The van der Waals surface area contributed by atoms with Gasteiger partial charge in [0.2, 0.25) is 9.70 Å². The molecule has 5 amide bonds. The molecule has 4 fully saturated rings. The molecule has 2 aromatic carbocycles. The maximum absolute atomic E-state index is 14.1. The Kier molecular flexibility index (Phi) is 26.3. The summed E-state index contributed by atoms with van der Waals surface area (Å²) in [5, 5.41) is 21.3. The lowest BCUT2D eigenvalue weighted by atomic mass is 9.73. The SMILES string of the molecule is CON=C1CCC(/C=C/c2ccc3ccc(C(C)C)nc3c2)(C(=O)O[C@H](C(=O)N[C@@H](C)C(=O)N2CCC[C@@H](C(=O)OCC(Cl)(Cl)Cl)N2)C(C)C)CC1.CON=C1CCC2(/C=C/c3ccc4ccc(nc4c3)[C@@H](C)NC(=O)[C@@H]3CCCN(N3)C(=O)[C@H](C)NC(=O)[C@H](C(C)C)OC2=O)CC1. The van der Waals surface area contributed by atoms with Crippen LogP contribution in [0, 0.1) is 22.7 Å². The summed E-state index contributed by atoms with van der Waals surface area (Å²) in [7, 11) is 2.99. The molecule has 5 N–H and O–H groups in total. The van der Waals surface area contributed by atoms with Gasteiger partial charge in [-0.05, 0) is 151 Å². The molecule has 530 valence electrons. The molecule has 2 saturated heterocycles. The van der Waals surface area contributed by atoms with E-state index < -0.39 is 99.2 Å². The van der Waals surface area contributed by atoms with Crippen molar-refractivity contribution < 1.29 is 62.2 Å². The van der Waals surface area contributed by atoms with E-state index >= 15 is 0 Å². The highest BCUT2D eigenvalue weighted by molar-refractivity contribution is 6.67. The Hall–Kier alpha value is -7.77. The second-order valence-electron chi connectivity index (χ2n) is 26.9. The average Bonchev–Trinajstić information content (AvgIpc) is 0.935. The Morgan fingerprint density at radius 2 is 1.39 bits per heavy atom. The number of pyridine rings is 2. The molecule has 5 heterocycles. The van der Waals surface area contributed by atoms with Gasteiger partial charge in [-0.25, -0.2) is 10.9 Å². The molecule has 1 spiro atoms. The van der Waals surface area contributed by atoms with Gasteiger partial charge in [0.1, 0.15) is 45.0 Å². The molecular formula is C71H92Cl3N11O13. The molecule has 7 atom stereocenters. The molecule has 2 aliphatic carbocycles. The van der Waals surface area contributed by atoms with Crippen molar-refractivity contribution in [3.8, 4) is 0 Å². The first kappa shape index (κ1) is 76.0. The molecule has 9 rings (SSSR count). The van der Waals surface area contributed by atoms with Crippen molar-refractivity contribution in [1.29, 1.82) is 0 Å². The summed E-state index contributed by atoms with van der Waals surface area (Å²) < 4.78 is 15.3. The van der Waals surface area contributed by atoms with Gasteiger partial charge in [-0.2, -0.15) is 0 Å². The normalized spacial score (nSPS) is 24.6. The van der Waals surface area contributed by atoms with Crippen LogP contribution in [0.25, 0.3) is 34.0 Å². The number of benzene rings is 2. The fourth-order valence-corrected chi connectivity index (χ4v) is 12.6. The van der Waals surface area contributed by atoms with Crippen LogP contribution in [0.1, 0.15) is 174 Å². The first-order valence-electron chi connectivity index (χ1n) is 33.6. The van der Waals surface area contributed by atoms with Gasteiger partial charge in [-0.1, -0.05) is 147 Å². The van der Waals surface area contributed by atoms with Crippen molar-refractivity contribution >= 4 is 128 Å². The van der Waals surface area contributed by atoms with E-state index in [1.807, 2.05) is 85.8 Å². The topological polar surface area (TPSA) is 300 Å². The van der Waals surface area contributed by atoms with Crippen molar-refractivity contribution in [2.75, 3.05) is 33.9 Å². The highest BCUT2D eigenvalue weighted by atomic mass is 35.6. The highest BCUT2D eigenvalue weighted by Crippen LogP contribution is 2.42. The molecule has 24 nitrogen and oxygen atoms in total. The van der Waals surface area contributed by atoms with Crippen LogP contribution in [0.15, 0.2) is 83.1 Å². The zero-order valence-corrected chi connectivity index (χ0v) is 59.9. The maximum Gasteiger partial charge on any atom is 0.325 e. The molecule has 3 aliphatic heterocycles. The standard InChI is InChI=1S/C37H48Cl3N5O7.C34H44N6O6/c1-22(2)28-12-11-26-10-9-25(20-30(26)42-28)13-16-36(17-14-27(15-18-36)44-50-6)35(49)52-31(23(3)4)32(46)41-24(5)33(47)45-19-7-8-29(43-45)34(48)51-21-37(38,39)40;1-20(2)29-31(42)36-22(4)32(43)40-18-6-7-27(38-40)30(41)35-21(3)26-11-10-24-9-8-23(19-28(24)37-26)12-15-34(33(44)46-29)16-13-25(14-17-34)39-45-5/h9-13,16,20,22-24,29,31,43H,7-8,14-15,17-19,21H2,1-6H3,(H,41,46);8-12,15,19-22,27,29,38H,6-7,13-14,16-18H2,1-5H3,(H,35,41)(H,36,42)/b16-13+,44-27?;15-12+,39-25?/t24-,29-,31-,36?;21-,22+,27+,29+,34?/m01/s1. The summed E-state index contributed by atoms with van der Waals surface area (Å²) in [6.45, 7) is 16.5. The zero-order chi connectivity index (χ0) is 71.2. The van der Waals surface area contributed by atoms with Crippen molar-refractivity contribution in [3.05, 3.63) is 95.3 Å². The monoisotopic (exact) mass is 1410 g/mol. The van der Waals surface area contributed by atoms with Gasteiger partial charge in [-0.3, -0.25) is 58.3 Å². The van der Waals surface area contributed by atoms with E-state index in [4.69, 9.17) is 68.7 Å². The smallest absolute Gasteiger partial charge is 0.325 e. The Labute approximate surface area is 587 Å². The van der Waals surface area contributed by atoms with Gasteiger partial charge in [0.25, 0.3) is 23.6 Å².